The molecule has 2 N–H and O–H groups in total. The summed E-state index contributed by atoms with van der Waals surface area (Å²) < 4.78 is 13.0. The van der Waals surface area contributed by atoms with Gasteiger partial charge in [-0.15, -0.1) is 0 Å². The molecule has 10 nitrogen and oxygen atoms in total. The normalized spacial score (nSPS) is 18.2. The summed E-state index contributed by atoms with van der Waals surface area (Å²) in [6.07, 6.45) is -0.167. The summed E-state index contributed by atoms with van der Waals surface area (Å²) in [5, 5.41) is 14.4. The third kappa shape index (κ3) is 6.40. The third-order valence-electron chi connectivity index (χ3n) is 6.14. The van der Waals surface area contributed by atoms with Crippen LogP contribution in [0.1, 0.15) is 29.2 Å². The van der Waals surface area contributed by atoms with Crippen molar-refractivity contribution in [3.63, 3.8) is 0 Å². The number of rotatable bonds is 11. The fourth-order valence-corrected chi connectivity index (χ4v) is 4.76. The van der Waals surface area contributed by atoms with Gasteiger partial charge in [-0.1, -0.05) is 63.5 Å². The highest BCUT2D eigenvalue weighted by Crippen LogP contribution is 2.46. The number of aliphatic hydroxyl groups excluding tert-OH is 1. The van der Waals surface area contributed by atoms with E-state index in [1.54, 1.807) is 55.5 Å². The van der Waals surface area contributed by atoms with Crippen molar-refractivity contribution in [1.29, 1.82) is 0 Å². The van der Waals surface area contributed by atoms with Gasteiger partial charge in [-0.05, 0) is 41.4 Å². The molecule has 1 aliphatic rings. The molecular weight excluding hydrogens is 564 g/mol. The van der Waals surface area contributed by atoms with Crippen LogP contribution in [-0.2, 0) is 16.0 Å². The summed E-state index contributed by atoms with van der Waals surface area (Å²) in [7, 11) is 3.45. The van der Waals surface area contributed by atoms with Crippen LogP contribution >= 0.6 is 15.9 Å². The zero-order valence-electron chi connectivity index (χ0n) is 21.6. The van der Waals surface area contributed by atoms with E-state index in [0.717, 1.165) is 10.0 Å². The standard InChI is InChI=1S/C28H29BrN6O4/c1-35(2)33-27(37)28(18-20-8-3-5-10-23(20)29)25(22-9-4-6-11-24(22)32-34-30)39-26(31-28)19-12-14-21(15-13-19)38-17-7-16-36/h3-6,8-15,25,36H,7,16-18H2,1-2H3,(H,33,37)/t25-,28-/m0/s1. The topological polar surface area (TPSA) is 132 Å². The van der Waals surface area contributed by atoms with Gasteiger partial charge in [-0.25, -0.2) is 10.0 Å². The molecule has 0 aliphatic carbocycles. The summed E-state index contributed by atoms with van der Waals surface area (Å²) >= 11 is 3.61. The van der Waals surface area contributed by atoms with Gasteiger partial charge in [-0.3, -0.25) is 10.2 Å². The minimum Gasteiger partial charge on any atom is -0.494 e. The van der Waals surface area contributed by atoms with E-state index in [4.69, 9.17) is 19.6 Å². The molecule has 0 radical (unpaired) electrons. The van der Waals surface area contributed by atoms with Crippen LogP contribution in [0.4, 0.5) is 5.69 Å². The first-order valence-corrected chi connectivity index (χ1v) is 13.1. The van der Waals surface area contributed by atoms with Gasteiger partial charge in [0, 0.05) is 59.7 Å². The molecule has 39 heavy (non-hydrogen) atoms. The van der Waals surface area contributed by atoms with Gasteiger partial charge in [0.15, 0.2) is 11.6 Å². The monoisotopic (exact) mass is 592 g/mol. The summed E-state index contributed by atoms with van der Waals surface area (Å²) in [5.74, 6) is 0.544. The summed E-state index contributed by atoms with van der Waals surface area (Å²) in [6, 6.07) is 21.9. The van der Waals surface area contributed by atoms with Crippen LogP contribution in [0.5, 0.6) is 5.75 Å². The maximum Gasteiger partial charge on any atom is 0.266 e. The van der Waals surface area contributed by atoms with E-state index in [9.17, 15) is 10.3 Å². The van der Waals surface area contributed by atoms with Crippen LogP contribution in [0.3, 0.4) is 0 Å². The predicted octanol–water partition coefficient (Wildman–Crippen LogP) is 5.24. The Bertz CT molecular complexity index is 1390. The predicted molar refractivity (Wildman–Crippen MR) is 152 cm³/mol. The van der Waals surface area contributed by atoms with Gasteiger partial charge < -0.3 is 14.6 Å². The minimum atomic E-state index is -1.44. The number of hydrazine groups is 1. The van der Waals surface area contributed by atoms with Gasteiger partial charge in [-0.2, -0.15) is 0 Å². The van der Waals surface area contributed by atoms with Gasteiger partial charge >= 0.3 is 0 Å². The number of halogens is 1. The first-order valence-electron chi connectivity index (χ1n) is 12.3. The van der Waals surface area contributed by atoms with E-state index in [0.29, 0.717) is 35.6 Å². The molecule has 1 amide bonds. The summed E-state index contributed by atoms with van der Waals surface area (Å²) in [4.78, 5) is 22.0. The molecular formula is C28H29BrN6O4. The zero-order chi connectivity index (χ0) is 27.8. The third-order valence-corrected chi connectivity index (χ3v) is 6.92. The van der Waals surface area contributed by atoms with Gasteiger partial charge in [0.05, 0.1) is 6.61 Å². The van der Waals surface area contributed by atoms with Crippen molar-refractivity contribution in [1.82, 2.24) is 10.4 Å². The van der Waals surface area contributed by atoms with Crippen molar-refractivity contribution in [2.24, 2.45) is 10.1 Å². The van der Waals surface area contributed by atoms with Crippen LogP contribution < -0.4 is 10.2 Å². The van der Waals surface area contributed by atoms with Crippen molar-refractivity contribution >= 4 is 33.4 Å². The van der Waals surface area contributed by atoms with E-state index in [1.165, 1.54) is 0 Å². The molecule has 4 rings (SSSR count). The second-order valence-electron chi connectivity index (χ2n) is 9.14. The Kier molecular flexibility index (Phi) is 9.21. The van der Waals surface area contributed by atoms with E-state index in [-0.39, 0.29) is 24.8 Å². The average Bonchev–Trinajstić information content (AvgIpc) is 3.31. The highest BCUT2D eigenvalue weighted by atomic mass is 79.9. The van der Waals surface area contributed by atoms with Crippen molar-refractivity contribution < 1.29 is 19.4 Å². The Hall–Kier alpha value is -3.89. The first kappa shape index (κ1) is 28.1. The molecule has 0 saturated heterocycles. The van der Waals surface area contributed by atoms with Crippen LogP contribution in [0.15, 0.2) is 87.4 Å². The maximum absolute atomic E-state index is 14.0. The number of aliphatic imine (C=N–C) groups is 1. The van der Waals surface area contributed by atoms with Crippen LogP contribution in [0.2, 0.25) is 0 Å². The molecule has 1 aliphatic heterocycles. The second-order valence-corrected chi connectivity index (χ2v) is 10.00. The average molecular weight is 593 g/mol. The Labute approximate surface area is 235 Å². The van der Waals surface area contributed by atoms with E-state index >= 15 is 0 Å². The number of hydrogen-bond donors (Lipinski definition) is 2. The Morgan fingerprint density at radius 1 is 1.18 bits per heavy atom. The number of nitrogens with zero attached hydrogens (tertiary/aromatic N) is 5. The number of hydrogen-bond acceptors (Lipinski definition) is 7. The molecule has 0 aromatic heterocycles. The molecule has 3 aromatic rings. The molecule has 11 heteroatoms. The summed E-state index contributed by atoms with van der Waals surface area (Å²) in [5.41, 5.74) is 13.1. The maximum atomic E-state index is 14.0. The molecule has 0 fully saturated rings. The van der Waals surface area contributed by atoms with Gasteiger partial charge in [0.1, 0.15) is 5.75 Å². The second kappa shape index (κ2) is 12.8. The molecule has 1 heterocycles. The molecule has 0 bridgehead atoms. The van der Waals surface area contributed by atoms with E-state index < -0.39 is 11.6 Å². The van der Waals surface area contributed by atoms with E-state index in [1.807, 2.05) is 36.4 Å². The van der Waals surface area contributed by atoms with E-state index in [2.05, 4.69) is 31.4 Å². The molecule has 0 saturated carbocycles. The summed E-state index contributed by atoms with van der Waals surface area (Å²) in [6.45, 7) is 0.446. The number of carbonyl (C=O) groups excluding carboxylic acids is 1. The lowest BCUT2D eigenvalue weighted by Gasteiger charge is -2.32. The quantitative estimate of drug-likeness (QED) is 0.103. The largest absolute Gasteiger partial charge is 0.494 e. The van der Waals surface area contributed by atoms with Crippen molar-refractivity contribution in [2.45, 2.75) is 24.5 Å². The first-order chi connectivity index (χ1) is 18.9. The van der Waals surface area contributed by atoms with Crippen molar-refractivity contribution in [3.05, 3.63) is 104 Å². The number of carbonyl (C=O) groups is 1. The van der Waals surface area contributed by atoms with Gasteiger partial charge in [0.2, 0.25) is 5.90 Å². The molecule has 0 unspecified atom stereocenters. The Morgan fingerprint density at radius 2 is 1.90 bits per heavy atom. The number of benzene rings is 3. The number of nitrogens with one attached hydrogen (secondary N) is 1. The van der Waals surface area contributed by atoms with Crippen molar-refractivity contribution in [2.75, 3.05) is 27.3 Å². The Balaban J connectivity index is 1.85. The lowest BCUT2D eigenvalue weighted by atomic mass is 9.81. The van der Waals surface area contributed by atoms with Crippen LogP contribution in [0, 0.1) is 0 Å². The lowest BCUT2D eigenvalue weighted by Crippen LogP contribution is -2.53. The number of ether oxygens (including phenoxy) is 2. The number of aliphatic hydroxyl groups is 1. The lowest BCUT2D eigenvalue weighted by molar-refractivity contribution is -0.132. The molecule has 0 spiro atoms. The molecule has 3 aromatic carbocycles. The SMILES string of the molecule is CN(C)NC(=O)[C@@]1(Cc2ccccc2Br)N=C(c2ccc(OCCCO)cc2)O[C@H]1c1ccccc1N=[N+]=[N-]. The number of azide groups is 1. The smallest absolute Gasteiger partial charge is 0.266 e. The molecule has 2 atom stereocenters. The number of amides is 1. The minimum absolute atomic E-state index is 0.0516. The Morgan fingerprint density at radius 3 is 2.59 bits per heavy atom. The highest BCUT2D eigenvalue weighted by molar-refractivity contribution is 9.10. The highest BCUT2D eigenvalue weighted by Gasteiger charge is 2.54. The fourth-order valence-electron chi connectivity index (χ4n) is 4.34. The van der Waals surface area contributed by atoms with Crippen LogP contribution in [0.25, 0.3) is 10.4 Å². The fraction of sp³-hybridized carbons (Fsp3) is 0.286. The van der Waals surface area contributed by atoms with Crippen molar-refractivity contribution in [3.8, 4) is 5.75 Å². The van der Waals surface area contributed by atoms with Gasteiger partial charge in [0.25, 0.3) is 5.91 Å². The molecule has 202 valence electrons. The zero-order valence-corrected chi connectivity index (χ0v) is 23.2. The van der Waals surface area contributed by atoms with Crippen LogP contribution in [-0.4, -0.2) is 54.8 Å².